The molecular weight excluding hydrogens is 381 g/mol. The summed E-state index contributed by atoms with van der Waals surface area (Å²) < 4.78 is 47.9. The fourth-order valence-electron chi connectivity index (χ4n) is 4.64. The van der Waals surface area contributed by atoms with Crippen LogP contribution in [-0.2, 0) is 4.74 Å². The molecule has 2 aliphatic rings. The number of fused-ring (bicyclic) bond motifs is 1. The molecule has 156 valence electrons. The first-order valence-electron chi connectivity index (χ1n) is 10.1. The van der Waals surface area contributed by atoms with Crippen LogP contribution in [0.3, 0.4) is 0 Å². The van der Waals surface area contributed by atoms with Gasteiger partial charge in [-0.25, -0.2) is 4.58 Å². The molecule has 0 spiro atoms. The first kappa shape index (κ1) is 21.6. The first-order chi connectivity index (χ1) is 13.8. The fourth-order valence-corrected chi connectivity index (χ4v) is 4.64. The maximum atomic E-state index is 9.75. The summed E-state index contributed by atoms with van der Waals surface area (Å²) in [6, 6.07) is 21.9. The Hall–Kier alpha value is -2.15. The van der Waals surface area contributed by atoms with E-state index in [1.807, 2.05) is 0 Å². The lowest BCUT2D eigenvalue weighted by Gasteiger charge is -2.38. The van der Waals surface area contributed by atoms with Gasteiger partial charge in [-0.05, 0) is 24.5 Å². The molecule has 2 heterocycles. The zero-order chi connectivity index (χ0) is 20.9. The van der Waals surface area contributed by atoms with Gasteiger partial charge in [0.15, 0.2) is 0 Å². The molecule has 3 unspecified atom stereocenters. The lowest BCUT2D eigenvalue weighted by atomic mass is 9.76. The van der Waals surface area contributed by atoms with Crippen LogP contribution in [0, 0.1) is 0 Å². The van der Waals surface area contributed by atoms with Gasteiger partial charge in [0, 0.05) is 12.8 Å². The van der Waals surface area contributed by atoms with Crippen molar-refractivity contribution in [2.24, 2.45) is 0 Å². The minimum Gasteiger partial charge on any atom is -0.418 e. The quantitative estimate of drug-likeness (QED) is 0.351. The Labute approximate surface area is 169 Å². The van der Waals surface area contributed by atoms with Crippen molar-refractivity contribution in [2.75, 3.05) is 13.2 Å². The van der Waals surface area contributed by atoms with Crippen LogP contribution in [0.25, 0.3) is 0 Å². The second-order valence-electron chi connectivity index (χ2n) is 7.43. The molecule has 0 aromatic heterocycles. The summed E-state index contributed by atoms with van der Waals surface area (Å²) >= 11 is 0. The van der Waals surface area contributed by atoms with Gasteiger partial charge >= 0.3 is 7.25 Å². The molecule has 1 saturated heterocycles. The molecule has 29 heavy (non-hydrogen) atoms. The minimum atomic E-state index is -6.00. The standard InChI is InChI=1S/C22H26NO.BF4/c1-2-24-22-14-9-15-23(22)17-20(18-10-5-3-6-11-18)16-21(22)19-12-7-4-8-13-19;2-1(3,4)5/h3-8,10-13,17,20-21H,2,9,14-16H2,1H3;/q+1;-1. The van der Waals surface area contributed by atoms with Crippen molar-refractivity contribution in [1.29, 1.82) is 0 Å². The average molecular weight is 407 g/mol. The molecule has 0 bridgehead atoms. The highest BCUT2D eigenvalue weighted by atomic mass is 19.5. The SMILES string of the molecule is CCOC12CCC[N+]1=CC(c1ccccc1)CC2c1ccccc1.F[B-](F)(F)F. The largest absolute Gasteiger partial charge is 0.673 e. The molecule has 0 aliphatic carbocycles. The van der Waals surface area contributed by atoms with Crippen LogP contribution in [0.4, 0.5) is 17.3 Å². The van der Waals surface area contributed by atoms with Crippen LogP contribution in [0.5, 0.6) is 0 Å². The second kappa shape index (κ2) is 9.12. The molecule has 2 aliphatic heterocycles. The van der Waals surface area contributed by atoms with Gasteiger partial charge in [-0.1, -0.05) is 60.7 Å². The number of benzene rings is 2. The van der Waals surface area contributed by atoms with Gasteiger partial charge in [0.25, 0.3) is 5.72 Å². The van der Waals surface area contributed by atoms with Crippen molar-refractivity contribution in [3.05, 3.63) is 71.8 Å². The number of hydrogen-bond acceptors (Lipinski definition) is 1. The third-order valence-corrected chi connectivity index (χ3v) is 5.64. The Kier molecular flexibility index (Phi) is 6.78. The number of halogens is 4. The lowest BCUT2D eigenvalue weighted by molar-refractivity contribution is -0.648. The Morgan fingerprint density at radius 1 is 0.966 bits per heavy atom. The summed E-state index contributed by atoms with van der Waals surface area (Å²) in [5, 5.41) is 0. The highest BCUT2D eigenvalue weighted by molar-refractivity contribution is 6.50. The summed E-state index contributed by atoms with van der Waals surface area (Å²) in [5.74, 6) is 0.874. The third kappa shape index (κ3) is 5.27. The Morgan fingerprint density at radius 2 is 1.52 bits per heavy atom. The van der Waals surface area contributed by atoms with Gasteiger partial charge in [-0.2, -0.15) is 0 Å². The van der Waals surface area contributed by atoms with Crippen molar-refractivity contribution < 1.29 is 26.6 Å². The summed E-state index contributed by atoms with van der Waals surface area (Å²) in [6.07, 6.45) is 5.89. The van der Waals surface area contributed by atoms with E-state index in [2.05, 4.69) is 78.4 Å². The molecular formula is C22H26BF4NO. The average Bonchev–Trinajstić information content (AvgIpc) is 3.11. The summed E-state index contributed by atoms with van der Waals surface area (Å²) in [6.45, 7) is 3.99. The van der Waals surface area contributed by atoms with E-state index >= 15 is 0 Å². The van der Waals surface area contributed by atoms with E-state index in [0.717, 1.165) is 26.0 Å². The van der Waals surface area contributed by atoms with Crippen molar-refractivity contribution in [2.45, 2.75) is 43.7 Å². The van der Waals surface area contributed by atoms with Gasteiger partial charge in [0.05, 0.1) is 18.4 Å². The van der Waals surface area contributed by atoms with Gasteiger partial charge in [0.1, 0.15) is 12.8 Å². The normalized spacial score (nSPS) is 26.2. The van der Waals surface area contributed by atoms with Crippen LogP contribution < -0.4 is 0 Å². The van der Waals surface area contributed by atoms with Crippen LogP contribution in [-0.4, -0.2) is 36.9 Å². The summed E-state index contributed by atoms with van der Waals surface area (Å²) in [5.41, 5.74) is 2.67. The maximum Gasteiger partial charge on any atom is 0.673 e. The molecule has 2 nitrogen and oxygen atoms in total. The van der Waals surface area contributed by atoms with Crippen LogP contribution in [0.15, 0.2) is 60.7 Å². The first-order valence-corrected chi connectivity index (χ1v) is 10.1. The van der Waals surface area contributed by atoms with Crippen LogP contribution >= 0.6 is 0 Å². The molecule has 0 amide bonds. The summed E-state index contributed by atoms with van der Waals surface area (Å²) in [7, 11) is -6.00. The van der Waals surface area contributed by atoms with E-state index in [1.165, 1.54) is 17.5 Å². The zero-order valence-electron chi connectivity index (χ0n) is 16.5. The van der Waals surface area contributed by atoms with Crippen molar-refractivity contribution in [3.63, 3.8) is 0 Å². The Morgan fingerprint density at radius 3 is 2.07 bits per heavy atom. The number of nitrogens with zero attached hydrogens (tertiary/aromatic N) is 1. The molecule has 0 saturated carbocycles. The predicted molar refractivity (Wildman–Crippen MR) is 108 cm³/mol. The van der Waals surface area contributed by atoms with E-state index in [-0.39, 0.29) is 5.72 Å². The smallest absolute Gasteiger partial charge is 0.418 e. The fraction of sp³-hybridized carbons (Fsp3) is 0.409. The topological polar surface area (TPSA) is 12.2 Å². The lowest BCUT2D eigenvalue weighted by Crippen LogP contribution is -2.50. The molecule has 0 radical (unpaired) electrons. The molecule has 2 aromatic carbocycles. The third-order valence-electron chi connectivity index (χ3n) is 5.64. The van der Waals surface area contributed by atoms with Gasteiger partial charge < -0.3 is 22.0 Å². The van der Waals surface area contributed by atoms with Crippen molar-refractivity contribution in [3.8, 4) is 0 Å². The maximum absolute atomic E-state index is 9.75. The van der Waals surface area contributed by atoms with E-state index in [0.29, 0.717) is 11.8 Å². The monoisotopic (exact) mass is 407 g/mol. The minimum absolute atomic E-state index is 0.151. The number of rotatable bonds is 4. The molecule has 1 fully saturated rings. The molecule has 7 heteroatoms. The zero-order valence-corrected chi connectivity index (χ0v) is 16.5. The van der Waals surface area contributed by atoms with Crippen molar-refractivity contribution >= 4 is 13.5 Å². The highest BCUT2D eigenvalue weighted by Gasteiger charge is 2.56. The molecule has 3 atom stereocenters. The van der Waals surface area contributed by atoms with Crippen LogP contribution in [0.1, 0.15) is 49.1 Å². The number of ether oxygens (including phenoxy) is 1. The van der Waals surface area contributed by atoms with E-state index < -0.39 is 7.25 Å². The summed E-state index contributed by atoms with van der Waals surface area (Å²) in [4.78, 5) is 0. The number of hydrogen-bond donors (Lipinski definition) is 0. The van der Waals surface area contributed by atoms with Crippen LogP contribution in [0.2, 0.25) is 0 Å². The van der Waals surface area contributed by atoms with E-state index in [1.54, 1.807) is 0 Å². The van der Waals surface area contributed by atoms with E-state index in [9.17, 15) is 17.3 Å². The molecule has 4 rings (SSSR count). The van der Waals surface area contributed by atoms with E-state index in [4.69, 9.17) is 4.74 Å². The Balaban J connectivity index is 0.000000431. The second-order valence-corrected chi connectivity index (χ2v) is 7.43. The molecule has 2 aromatic rings. The van der Waals surface area contributed by atoms with Gasteiger partial charge in [-0.3, -0.25) is 0 Å². The van der Waals surface area contributed by atoms with Gasteiger partial charge in [-0.15, -0.1) is 0 Å². The Bertz CT molecular complexity index is 807. The highest BCUT2D eigenvalue weighted by Crippen LogP contribution is 2.47. The molecule has 0 N–H and O–H groups in total. The van der Waals surface area contributed by atoms with Gasteiger partial charge in [0.2, 0.25) is 0 Å². The predicted octanol–water partition coefficient (Wildman–Crippen LogP) is 5.87. The van der Waals surface area contributed by atoms with Crippen molar-refractivity contribution in [1.82, 2.24) is 0 Å².